The number of aryl methyl sites for hydroxylation is 2. The molecule has 1 saturated heterocycles. The number of hydrogen-bond acceptors (Lipinski definition) is 5. The van der Waals surface area contributed by atoms with Crippen LogP contribution in [0.25, 0.3) is 0 Å². The zero-order chi connectivity index (χ0) is 20.3. The van der Waals surface area contributed by atoms with Gasteiger partial charge in [0.15, 0.2) is 0 Å². The zero-order valence-electron chi connectivity index (χ0n) is 15.8. The summed E-state index contributed by atoms with van der Waals surface area (Å²) in [6.07, 6.45) is 2.74. The molecule has 2 amide bonds. The van der Waals surface area contributed by atoms with Crippen molar-refractivity contribution < 1.29 is 14.1 Å². The Bertz CT molecular complexity index is 1120. The first-order valence-corrected chi connectivity index (χ1v) is 9.61. The summed E-state index contributed by atoms with van der Waals surface area (Å²) in [6.45, 7) is 3.81. The molecule has 0 saturated carbocycles. The van der Waals surface area contributed by atoms with Gasteiger partial charge in [-0.15, -0.1) is 0 Å². The standard InChI is InChI=1S/C21H17ClN4O3/c1-11-18(12(2)29-24-11)21(28)25-10-17(13-3-5-14(22)6-4-13)26-19(25)16-9-23-8-7-15(16)20(26)27/h3-9,17,19H,10H2,1-2H3. The Hall–Kier alpha value is -3.19. The Kier molecular flexibility index (Phi) is 3.96. The Morgan fingerprint density at radius 2 is 1.97 bits per heavy atom. The molecule has 146 valence electrons. The molecule has 2 aliphatic heterocycles. The predicted octanol–water partition coefficient (Wildman–Crippen LogP) is 3.69. The van der Waals surface area contributed by atoms with E-state index >= 15 is 0 Å². The van der Waals surface area contributed by atoms with Gasteiger partial charge in [0.2, 0.25) is 0 Å². The van der Waals surface area contributed by atoms with Gasteiger partial charge in [-0.2, -0.15) is 0 Å². The van der Waals surface area contributed by atoms with Gasteiger partial charge in [-0.25, -0.2) is 0 Å². The number of fused-ring (bicyclic) bond motifs is 3. The minimum absolute atomic E-state index is 0.110. The molecule has 1 fully saturated rings. The van der Waals surface area contributed by atoms with Crippen molar-refractivity contribution in [2.75, 3.05) is 6.54 Å². The first-order chi connectivity index (χ1) is 14.0. The second kappa shape index (κ2) is 6.42. The number of pyridine rings is 1. The summed E-state index contributed by atoms with van der Waals surface area (Å²) in [6, 6.07) is 8.78. The fraction of sp³-hybridized carbons (Fsp3) is 0.238. The van der Waals surface area contributed by atoms with Crippen molar-refractivity contribution >= 4 is 23.4 Å². The fourth-order valence-corrected chi connectivity index (χ4v) is 4.41. The molecule has 2 atom stereocenters. The summed E-state index contributed by atoms with van der Waals surface area (Å²) in [5, 5.41) is 4.53. The van der Waals surface area contributed by atoms with Crippen LogP contribution in [-0.2, 0) is 0 Å². The number of benzene rings is 1. The second-order valence-electron chi connectivity index (χ2n) is 7.27. The van der Waals surface area contributed by atoms with Crippen molar-refractivity contribution in [3.63, 3.8) is 0 Å². The molecule has 0 bridgehead atoms. The van der Waals surface area contributed by atoms with E-state index < -0.39 is 6.17 Å². The maximum absolute atomic E-state index is 13.5. The number of carbonyl (C=O) groups excluding carboxylic acids is 2. The fourth-order valence-electron chi connectivity index (χ4n) is 4.29. The molecule has 7 nitrogen and oxygen atoms in total. The van der Waals surface area contributed by atoms with E-state index in [0.717, 1.165) is 11.1 Å². The lowest BCUT2D eigenvalue weighted by Crippen LogP contribution is -2.33. The normalized spacial score (nSPS) is 20.2. The SMILES string of the molecule is Cc1noc(C)c1C(=O)N1CC(c2ccc(Cl)cc2)N2C(=O)c3ccncc3C12. The maximum Gasteiger partial charge on any atom is 0.261 e. The van der Waals surface area contributed by atoms with Crippen molar-refractivity contribution in [1.29, 1.82) is 0 Å². The number of hydrogen-bond donors (Lipinski definition) is 0. The van der Waals surface area contributed by atoms with E-state index in [-0.39, 0.29) is 17.9 Å². The van der Waals surface area contributed by atoms with E-state index in [1.807, 2.05) is 12.1 Å². The van der Waals surface area contributed by atoms with Crippen LogP contribution >= 0.6 is 11.6 Å². The van der Waals surface area contributed by atoms with E-state index in [1.54, 1.807) is 54.2 Å². The molecule has 2 aromatic heterocycles. The van der Waals surface area contributed by atoms with Crippen molar-refractivity contribution in [1.82, 2.24) is 19.9 Å². The van der Waals surface area contributed by atoms with Crippen molar-refractivity contribution in [3.8, 4) is 0 Å². The highest BCUT2D eigenvalue weighted by Gasteiger charge is 2.52. The van der Waals surface area contributed by atoms with Crippen LogP contribution < -0.4 is 0 Å². The van der Waals surface area contributed by atoms with E-state index in [2.05, 4.69) is 10.1 Å². The van der Waals surface area contributed by atoms with Crippen LogP contribution in [0.4, 0.5) is 0 Å². The smallest absolute Gasteiger partial charge is 0.261 e. The van der Waals surface area contributed by atoms with Gasteiger partial charge in [0, 0.05) is 35.1 Å². The van der Waals surface area contributed by atoms with Gasteiger partial charge < -0.3 is 14.3 Å². The molecule has 3 aromatic rings. The summed E-state index contributed by atoms with van der Waals surface area (Å²) >= 11 is 6.04. The van der Waals surface area contributed by atoms with Crippen LogP contribution in [0.1, 0.15) is 55.5 Å². The minimum atomic E-state index is -0.520. The zero-order valence-corrected chi connectivity index (χ0v) is 16.6. The molecule has 2 aliphatic rings. The lowest BCUT2D eigenvalue weighted by atomic mass is 10.1. The molecule has 2 unspecified atom stereocenters. The molecule has 4 heterocycles. The first kappa shape index (κ1) is 17.9. The average Bonchev–Trinajstić information content (AvgIpc) is 3.36. The first-order valence-electron chi connectivity index (χ1n) is 9.23. The molecule has 0 radical (unpaired) electrons. The summed E-state index contributed by atoms with van der Waals surface area (Å²) in [5.41, 5.74) is 3.19. The topological polar surface area (TPSA) is 79.5 Å². The monoisotopic (exact) mass is 408 g/mol. The van der Waals surface area contributed by atoms with Crippen LogP contribution in [0.15, 0.2) is 47.2 Å². The molecule has 5 rings (SSSR count). The van der Waals surface area contributed by atoms with Crippen molar-refractivity contribution in [2.24, 2.45) is 0 Å². The summed E-state index contributed by atoms with van der Waals surface area (Å²) in [5.74, 6) is 0.142. The maximum atomic E-state index is 13.5. The van der Waals surface area contributed by atoms with Crippen molar-refractivity contribution in [2.45, 2.75) is 26.1 Å². The van der Waals surface area contributed by atoms with Gasteiger partial charge in [-0.1, -0.05) is 28.9 Å². The molecular formula is C21H17ClN4O3. The third-order valence-electron chi connectivity index (χ3n) is 5.62. The Morgan fingerprint density at radius 1 is 1.21 bits per heavy atom. The highest BCUT2D eigenvalue weighted by atomic mass is 35.5. The van der Waals surface area contributed by atoms with Gasteiger partial charge in [-0.05, 0) is 37.6 Å². The van der Waals surface area contributed by atoms with E-state index in [0.29, 0.717) is 34.1 Å². The summed E-state index contributed by atoms with van der Waals surface area (Å²) < 4.78 is 5.20. The molecule has 0 spiro atoms. The van der Waals surface area contributed by atoms with Crippen LogP contribution in [0.2, 0.25) is 5.02 Å². The second-order valence-corrected chi connectivity index (χ2v) is 7.71. The van der Waals surface area contributed by atoms with Gasteiger partial charge in [0.1, 0.15) is 17.5 Å². The lowest BCUT2D eigenvalue weighted by molar-refractivity contribution is 0.0567. The van der Waals surface area contributed by atoms with Gasteiger partial charge in [0.05, 0.1) is 11.7 Å². The number of carbonyl (C=O) groups is 2. The van der Waals surface area contributed by atoms with E-state index in [4.69, 9.17) is 16.1 Å². The van der Waals surface area contributed by atoms with Crippen LogP contribution in [0.3, 0.4) is 0 Å². The van der Waals surface area contributed by atoms with Gasteiger partial charge in [-0.3, -0.25) is 14.6 Å². The summed E-state index contributed by atoms with van der Waals surface area (Å²) in [4.78, 5) is 34.4. The number of aromatic nitrogens is 2. The Labute approximate surface area is 171 Å². The quantitative estimate of drug-likeness (QED) is 0.646. The third kappa shape index (κ3) is 2.57. The Balaban J connectivity index is 1.63. The molecule has 0 N–H and O–H groups in total. The number of amides is 2. The predicted molar refractivity (Wildman–Crippen MR) is 104 cm³/mol. The average molecular weight is 409 g/mol. The van der Waals surface area contributed by atoms with E-state index in [1.165, 1.54) is 0 Å². The van der Waals surface area contributed by atoms with Crippen molar-refractivity contribution in [3.05, 3.63) is 81.5 Å². The largest absolute Gasteiger partial charge is 0.361 e. The lowest BCUT2D eigenvalue weighted by Gasteiger charge is -2.25. The highest BCUT2D eigenvalue weighted by Crippen LogP contribution is 2.48. The molecule has 1 aromatic carbocycles. The number of rotatable bonds is 2. The van der Waals surface area contributed by atoms with Crippen LogP contribution in [0.5, 0.6) is 0 Å². The highest BCUT2D eigenvalue weighted by molar-refractivity contribution is 6.30. The Morgan fingerprint density at radius 3 is 2.66 bits per heavy atom. The number of halogens is 1. The van der Waals surface area contributed by atoms with Gasteiger partial charge >= 0.3 is 0 Å². The minimum Gasteiger partial charge on any atom is -0.361 e. The molecule has 29 heavy (non-hydrogen) atoms. The third-order valence-corrected chi connectivity index (χ3v) is 5.87. The van der Waals surface area contributed by atoms with Gasteiger partial charge in [0.25, 0.3) is 11.8 Å². The molecule has 8 heteroatoms. The van der Waals surface area contributed by atoms with Crippen LogP contribution in [0, 0.1) is 13.8 Å². The van der Waals surface area contributed by atoms with Crippen LogP contribution in [-0.4, -0.2) is 38.3 Å². The number of nitrogens with zero attached hydrogens (tertiary/aromatic N) is 4. The van der Waals surface area contributed by atoms with E-state index in [9.17, 15) is 9.59 Å². The summed E-state index contributed by atoms with van der Waals surface area (Å²) in [7, 11) is 0. The molecular weight excluding hydrogens is 392 g/mol. The molecule has 0 aliphatic carbocycles.